The van der Waals surface area contributed by atoms with Crippen molar-refractivity contribution >= 4 is 17.5 Å². The smallest absolute Gasteiger partial charge is 0.256 e. The number of carbonyl (C=O) groups is 1. The molecule has 6 rings (SSSR count). The van der Waals surface area contributed by atoms with Crippen molar-refractivity contribution in [1.82, 2.24) is 20.1 Å². The van der Waals surface area contributed by atoms with Gasteiger partial charge in [-0.3, -0.25) is 9.69 Å². The van der Waals surface area contributed by atoms with E-state index in [4.69, 9.17) is 21.3 Å². The minimum atomic E-state index is -0.312. The fraction of sp³-hybridized carbons (Fsp3) is 0.559. The number of rotatable bonds is 4. The molecule has 42 heavy (non-hydrogen) atoms. The van der Waals surface area contributed by atoms with Crippen LogP contribution in [-0.4, -0.2) is 65.1 Å². The molecule has 0 radical (unpaired) electrons. The Balaban J connectivity index is 1.11. The topological polar surface area (TPSA) is 81.5 Å². The fourth-order valence-corrected chi connectivity index (χ4v) is 8.52. The van der Waals surface area contributed by atoms with E-state index in [1.165, 1.54) is 12.8 Å². The van der Waals surface area contributed by atoms with Crippen molar-refractivity contribution < 1.29 is 9.53 Å². The zero-order valence-corrected chi connectivity index (χ0v) is 25.8. The summed E-state index contributed by atoms with van der Waals surface area (Å²) >= 11 is 6.26. The summed E-state index contributed by atoms with van der Waals surface area (Å²) in [6.07, 6.45) is 4.57. The van der Waals surface area contributed by atoms with Gasteiger partial charge in [-0.1, -0.05) is 45.2 Å². The van der Waals surface area contributed by atoms with Crippen LogP contribution in [0, 0.1) is 39.9 Å². The Labute approximate surface area is 254 Å². The number of nitrogens with one attached hydrogen (secondary N) is 1. The molecule has 7 nitrogen and oxygen atoms in total. The van der Waals surface area contributed by atoms with Gasteiger partial charge in [-0.05, 0) is 55.9 Å². The lowest BCUT2D eigenvalue weighted by Crippen LogP contribution is -2.74. The van der Waals surface area contributed by atoms with Crippen molar-refractivity contribution in [2.45, 2.75) is 78.1 Å². The Morgan fingerprint density at radius 2 is 1.76 bits per heavy atom. The van der Waals surface area contributed by atoms with Gasteiger partial charge in [0.25, 0.3) is 5.91 Å². The quantitative estimate of drug-likeness (QED) is 0.493. The van der Waals surface area contributed by atoms with Crippen LogP contribution in [0.4, 0.5) is 0 Å². The van der Waals surface area contributed by atoms with E-state index in [1.54, 1.807) is 18.2 Å². The molecule has 3 fully saturated rings. The zero-order valence-electron chi connectivity index (χ0n) is 25.0. The summed E-state index contributed by atoms with van der Waals surface area (Å²) in [4.78, 5) is 23.1. The van der Waals surface area contributed by atoms with Gasteiger partial charge in [-0.15, -0.1) is 0 Å². The molecule has 2 aromatic rings. The van der Waals surface area contributed by atoms with Crippen molar-refractivity contribution in [3.05, 3.63) is 57.9 Å². The van der Waals surface area contributed by atoms with Crippen LogP contribution in [0.3, 0.4) is 0 Å². The highest BCUT2D eigenvalue weighted by Gasteiger charge is 2.67. The Hall–Kier alpha value is -3.10. The van der Waals surface area contributed by atoms with Crippen LogP contribution < -0.4 is 10.1 Å². The van der Waals surface area contributed by atoms with Crippen molar-refractivity contribution in [1.29, 1.82) is 5.26 Å². The summed E-state index contributed by atoms with van der Waals surface area (Å²) < 4.78 is 6.44. The van der Waals surface area contributed by atoms with Crippen LogP contribution in [0.1, 0.15) is 80.7 Å². The lowest BCUT2D eigenvalue weighted by molar-refractivity contribution is -0.199. The molecule has 0 atom stereocenters. The standard InChI is InChI=1S/C34H40ClN5O2/c1-33(2)31(34(3,4)32(33)42-26-13-8-23(20-36)28(35)19-26)40-21-29-27(30(40)41)14-10-24(38-29)9-5-22-6-11-25(12-7-22)39-17-15-37-16-18-39/h8,10,13-14,19,22,25,31-32,37H,6-7,11-12,15-18,21H2,1-4H3/t22-,25-,31-,32-. The number of piperazine rings is 1. The molecule has 0 bridgehead atoms. The number of carbonyl (C=O) groups excluding carboxylic acids is 1. The van der Waals surface area contributed by atoms with Crippen molar-refractivity contribution in [2.24, 2.45) is 16.7 Å². The highest BCUT2D eigenvalue weighted by Crippen LogP contribution is 2.59. The molecule has 2 saturated carbocycles. The van der Waals surface area contributed by atoms with Crippen LogP contribution >= 0.6 is 11.6 Å². The van der Waals surface area contributed by atoms with Crippen LogP contribution in [0.15, 0.2) is 30.3 Å². The van der Waals surface area contributed by atoms with Gasteiger partial charge in [0, 0.05) is 61.1 Å². The fourth-order valence-electron chi connectivity index (χ4n) is 8.30. The van der Waals surface area contributed by atoms with E-state index in [0.29, 0.717) is 40.4 Å². The summed E-state index contributed by atoms with van der Waals surface area (Å²) in [5.41, 5.74) is 2.03. The number of nitriles is 1. The maximum Gasteiger partial charge on any atom is 0.256 e. The van der Waals surface area contributed by atoms with E-state index in [2.05, 4.69) is 55.8 Å². The number of pyridine rings is 1. The molecule has 0 unspecified atom stereocenters. The molecule has 8 heteroatoms. The average molecular weight is 586 g/mol. The average Bonchev–Trinajstić information content (AvgIpc) is 3.29. The van der Waals surface area contributed by atoms with Gasteiger partial charge in [-0.2, -0.15) is 5.26 Å². The monoisotopic (exact) mass is 585 g/mol. The first-order valence-electron chi connectivity index (χ1n) is 15.2. The van der Waals surface area contributed by atoms with Crippen molar-refractivity contribution in [3.8, 4) is 23.7 Å². The first-order valence-corrected chi connectivity index (χ1v) is 15.6. The van der Waals surface area contributed by atoms with E-state index >= 15 is 0 Å². The normalized spacial score (nSPS) is 28.2. The van der Waals surface area contributed by atoms with E-state index < -0.39 is 0 Å². The van der Waals surface area contributed by atoms with E-state index in [9.17, 15) is 10.1 Å². The third-order valence-corrected chi connectivity index (χ3v) is 10.3. The van der Waals surface area contributed by atoms with Gasteiger partial charge in [0.15, 0.2) is 0 Å². The molecule has 4 aliphatic rings. The van der Waals surface area contributed by atoms with E-state index in [1.807, 2.05) is 17.0 Å². The maximum atomic E-state index is 13.6. The molecule has 1 aromatic heterocycles. The molecule has 2 aliphatic heterocycles. The SMILES string of the molecule is CC1(C)[C@H](Oc2ccc(C#N)c(Cl)c2)C(C)(C)[C@H]1N1Cc2nc(C#C[C@H]3CC[C@H](N4CCNCC4)CC3)ccc2C1=O. The van der Waals surface area contributed by atoms with Crippen molar-refractivity contribution in [2.75, 3.05) is 26.2 Å². The van der Waals surface area contributed by atoms with Crippen LogP contribution in [-0.2, 0) is 6.54 Å². The number of hydrogen-bond acceptors (Lipinski definition) is 6. The van der Waals surface area contributed by atoms with Gasteiger partial charge in [0.1, 0.15) is 23.6 Å². The van der Waals surface area contributed by atoms with Crippen LogP contribution in [0.5, 0.6) is 5.75 Å². The zero-order chi connectivity index (χ0) is 29.6. The maximum absolute atomic E-state index is 13.6. The second-order valence-electron chi connectivity index (χ2n) is 13.5. The first-order chi connectivity index (χ1) is 20.1. The molecule has 1 aromatic carbocycles. The number of halogens is 1. The van der Waals surface area contributed by atoms with E-state index in [0.717, 1.165) is 50.4 Å². The van der Waals surface area contributed by atoms with E-state index in [-0.39, 0.29) is 28.9 Å². The minimum Gasteiger partial charge on any atom is -0.489 e. The lowest BCUT2D eigenvalue weighted by atomic mass is 9.49. The third-order valence-electron chi connectivity index (χ3n) is 9.94. The number of fused-ring (bicyclic) bond motifs is 1. The summed E-state index contributed by atoms with van der Waals surface area (Å²) in [7, 11) is 0. The minimum absolute atomic E-state index is 0.0225. The number of ether oxygens (including phenoxy) is 1. The van der Waals surface area contributed by atoms with Gasteiger partial charge in [-0.25, -0.2) is 4.98 Å². The largest absolute Gasteiger partial charge is 0.489 e. The molecule has 3 heterocycles. The van der Waals surface area contributed by atoms with Gasteiger partial charge in [0.05, 0.1) is 28.4 Å². The number of nitrogens with zero attached hydrogens (tertiary/aromatic N) is 4. The third kappa shape index (κ3) is 5.17. The molecule has 220 valence electrons. The predicted molar refractivity (Wildman–Crippen MR) is 163 cm³/mol. The first kappa shape index (κ1) is 29.0. The molecular weight excluding hydrogens is 546 g/mol. The second-order valence-corrected chi connectivity index (χ2v) is 13.9. The summed E-state index contributed by atoms with van der Waals surface area (Å²) in [6.45, 7) is 13.6. The Morgan fingerprint density at radius 3 is 2.43 bits per heavy atom. The highest BCUT2D eigenvalue weighted by molar-refractivity contribution is 6.31. The number of benzene rings is 1. The summed E-state index contributed by atoms with van der Waals surface area (Å²) in [6, 6.07) is 11.7. The summed E-state index contributed by atoms with van der Waals surface area (Å²) in [5.74, 6) is 7.90. The molecular formula is C34H40ClN5O2. The lowest BCUT2D eigenvalue weighted by Gasteiger charge is -2.65. The molecule has 1 N–H and O–H groups in total. The number of amides is 1. The number of hydrogen-bond donors (Lipinski definition) is 1. The van der Waals surface area contributed by atoms with Gasteiger partial charge < -0.3 is 15.0 Å². The Bertz CT molecular complexity index is 1450. The van der Waals surface area contributed by atoms with Crippen LogP contribution in [0.25, 0.3) is 0 Å². The molecule has 2 aliphatic carbocycles. The molecule has 1 saturated heterocycles. The predicted octanol–water partition coefficient (Wildman–Crippen LogP) is 5.26. The summed E-state index contributed by atoms with van der Waals surface area (Å²) in [5, 5.41) is 13.0. The molecule has 0 spiro atoms. The highest BCUT2D eigenvalue weighted by atomic mass is 35.5. The number of aromatic nitrogens is 1. The molecule has 1 amide bonds. The Morgan fingerprint density at radius 1 is 1.05 bits per heavy atom. The van der Waals surface area contributed by atoms with Gasteiger partial charge in [0.2, 0.25) is 0 Å². The van der Waals surface area contributed by atoms with Crippen LogP contribution in [0.2, 0.25) is 5.02 Å². The van der Waals surface area contributed by atoms with Gasteiger partial charge >= 0.3 is 0 Å². The van der Waals surface area contributed by atoms with Crippen molar-refractivity contribution in [3.63, 3.8) is 0 Å². The second kappa shape index (κ2) is 11.2. The Kier molecular flexibility index (Phi) is 7.73.